The highest BCUT2D eigenvalue weighted by atomic mass is 32.2. The maximum Gasteiger partial charge on any atom is 0.243 e. The Labute approximate surface area is 211 Å². The van der Waals surface area contributed by atoms with Crippen LogP contribution in [-0.2, 0) is 20.2 Å². The van der Waals surface area contributed by atoms with Crippen molar-refractivity contribution >= 4 is 21.6 Å². The summed E-state index contributed by atoms with van der Waals surface area (Å²) in [5, 5.41) is 12.6. The van der Waals surface area contributed by atoms with Crippen molar-refractivity contribution in [2.24, 2.45) is 0 Å². The fourth-order valence-corrected chi connectivity index (χ4v) is 6.76. The molecule has 1 aliphatic carbocycles. The Morgan fingerprint density at radius 1 is 1.06 bits per heavy atom. The maximum absolute atomic E-state index is 13.3. The van der Waals surface area contributed by atoms with Crippen LogP contribution >= 0.6 is 0 Å². The van der Waals surface area contributed by atoms with E-state index < -0.39 is 15.4 Å². The van der Waals surface area contributed by atoms with Gasteiger partial charge in [0.05, 0.1) is 24.0 Å². The van der Waals surface area contributed by atoms with Gasteiger partial charge < -0.3 is 15.2 Å². The Kier molecular flexibility index (Phi) is 6.59. The van der Waals surface area contributed by atoms with E-state index in [1.54, 1.807) is 31.4 Å². The zero-order chi connectivity index (χ0) is 25.3. The fourth-order valence-electron chi connectivity index (χ4n) is 5.07. The molecule has 188 valence electrons. The van der Waals surface area contributed by atoms with E-state index >= 15 is 0 Å². The Balaban J connectivity index is 1.34. The summed E-state index contributed by atoms with van der Waals surface area (Å²) in [5.41, 5.74) is 2.71. The molecule has 2 aliphatic rings. The number of sulfonamides is 1. The van der Waals surface area contributed by atoms with Crippen molar-refractivity contribution in [2.45, 2.75) is 42.0 Å². The second kappa shape index (κ2) is 9.69. The molecule has 0 bridgehead atoms. The highest BCUT2D eigenvalue weighted by molar-refractivity contribution is 7.89. The van der Waals surface area contributed by atoms with Crippen molar-refractivity contribution in [1.82, 2.24) is 4.31 Å². The number of carbonyl (C=O) groups is 1. The second-order valence-corrected chi connectivity index (χ2v) is 11.3. The average Bonchev–Trinajstić information content (AvgIpc) is 3.57. The molecule has 1 amide bonds. The van der Waals surface area contributed by atoms with E-state index in [1.807, 2.05) is 48.5 Å². The molecule has 0 unspecified atom stereocenters. The maximum atomic E-state index is 13.3. The summed E-state index contributed by atoms with van der Waals surface area (Å²) in [6.45, 7) is 0.252. The molecule has 1 saturated carbocycles. The van der Waals surface area contributed by atoms with Crippen molar-refractivity contribution in [3.8, 4) is 16.9 Å². The summed E-state index contributed by atoms with van der Waals surface area (Å²) in [6, 6.07) is 21.6. The Morgan fingerprint density at radius 3 is 2.50 bits per heavy atom. The number of nitrogens with zero attached hydrogens (tertiary/aromatic N) is 1. The first-order valence-electron chi connectivity index (χ1n) is 12.2. The van der Waals surface area contributed by atoms with Gasteiger partial charge in [-0.05, 0) is 67.1 Å². The van der Waals surface area contributed by atoms with Crippen LogP contribution in [0, 0.1) is 0 Å². The number of hydrogen-bond acceptors (Lipinski definition) is 5. The van der Waals surface area contributed by atoms with Gasteiger partial charge in [0, 0.05) is 23.8 Å². The molecular formula is C28H30N2O5S. The van der Waals surface area contributed by atoms with Crippen molar-refractivity contribution < 1.29 is 23.1 Å². The number of aliphatic hydroxyl groups is 1. The van der Waals surface area contributed by atoms with E-state index in [-0.39, 0.29) is 23.5 Å². The van der Waals surface area contributed by atoms with Crippen LogP contribution in [-0.4, -0.2) is 50.0 Å². The molecule has 8 heteroatoms. The SMILES string of the molecule is COc1ccccc1C1(C(=O)Nc2cccc(-c3ccc(S(=O)(=O)N4CCC[C@@H]4CO)cc3)c2)CC1. The summed E-state index contributed by atoms with van der Waals surface area (Å²) in [7, 11) is -2.04. The smallest absolute Gasteiger partial charge is 0.243 e. The quantitative estimate of drug-likeness (QED) is 0.478. The number of benzene rings is 3. The molecule has 1 heterocycles. The van der Waals surface area contributed by atoms with E-state index in [1.165, 1.54) is 4.31 Å². The van der Waals surface area contributed by atoms with E-state index in [4.69, 9.17) is 4.74 Å². The number of anilines is 1. The monoisotopic (exact) mass is 506 g/mol. The number of hydrogen-bond donors (Lipinski definition) is 2. The molecule has 0 radical (unpaired) electrons. The summed E-state index contributed by atoms with van der Waals surface area (Å²) in [4.78, 5) is 13.5. The summed E-state index contributed by atoms with van der Waals surface area (Å²) < 4.78 is 33.0. The molecule has 1 saturated heterocycles. The Bertz CT molecular complexity index is 1370. The molecule has 36 heavy (non-hydrogen) atoms. The lowest BCUT2D eigenvalue weighted by Crippen LogP contribution is -2.37. The molecule has 1 aliphatic heterocycles. The lowest BCUT2D eigenvalue weighted by molar-refractivity contribution is -0.118. The van der Waals surface area contributed by atoms with Crippen molar-refractivity contribution in [2.75, 3.05) is 25.6 Å². The molecule has 1 atom stereocenters. The van der Waals surface area contributed by atoms with Crippen LogP contribution in [0.15, 0.2) is 77.7 Å². The minimum atomic E-state index is -3.66. The topological polar surface area (TPSA) is 95.9 Å². The van der Waals surface area contributed by atoms with Gasteiger partial charge in [0.15, 0.2) is 0 Å². The lowest BCUT2D eigenvalue weighted by Gasteiger charge is -2.22. The van der Waals surface area contributed by atoms with Gasteiger partial charge in [-0.15, -0.1) is 0 Å². The van der Waals surface area contributed by atoms with E-state index in [0.717, 1.165) is 36.0 Å². The normalized spacial score (nSPS) is 19.1. The number of methoxy groups -OCH3 is 1. The van der Waals surface area contributed by atoms with Crippen LogP contribution in [0.3, 0.4) is 0 Å². The molecule has 7 nitrogen and oxygen atoms in total. The largest absolute Gasteiger partial charge is 0.496 e. The standard InChI is InChI=1S/C28H30N2O5S/c1-35-26-10-3-2-9-25(26)28(15-16-28)27(32)29-22-7-4-6-21(18-22)20-11-13-24(14-12-20)36(33,34)30-17-5-8-23(30)19-31/h2-4,6-7,9-14,18,23,31H,5,8,15-17,19H2,1H3,(H,29,32)/t23-/m1/s1. The summed E-state index contributed by atoms with van der Waals surface area (Å²) in [5.74, 6) is 0.655. The zero-order valence-corrected chi connectivity index (χ0v) is 21.0. The number of ether oxygens (including phenoxy) is 1. The molecule has 2 fully saturated rings. The van der Waals surface area contributed by atoms with Gasteiger partial charge in [0.25, 0.3) is 0 Å². The van der Waals surface area contributed by atoms with Gasteiger partial charge in [-0.1, -0.05) is 42.5 Å². The third-order valence-electron chi connectivity index (χ3n) is 7.26. The highest BCUT2D eigenvalue weighted by Gasteiger charge is 2.52. The molecule has 5 rings (SSSR count). The summed E-state index contributed by atoms with van der Waals surface area (Å²) in [6.07, 6.45) is 2.95. The van der Waals surface area contributed by atoms with Gasteiger partial charge in [-0.25, -0.2) is 8.42 Å². The van der Waals surface area contributed by atoms with Crippen molar-refractivity contribution in [3.63, 3.8) is 0 Å². The van der Waals surface area contributed by atoms with Gasteiger partial charge >= 0.3 is 0 Å². The van der Waals surface area contributed by atoms with Crippen LogP contribution < -0.4 is 10.1 Å². The van der Waals surface area contributed by atoms with Gasteiger partial charge in [-0.2, -0.15) is 4.31 Å². The number of para-hydroxylation sites is 1. The predicted molar refractivity (Wildman–Crippen MR) is 138 cm³/mol. The number of amides is 1. The van der Waals surface area contributed by atoms with Crippen LogP contribution in [0.2, 0.25) is 0 Å². The van der Waals surface area contributed by atoms with Gasteiger partial charge in [-0.3, -0.25) is 4.79 Å². The van der Waals surface area contributed by atoms with Gasteiger partial charge in [0.2, 0.25) is 15.9 Å². The molecule has 2 N–H and O–H groups in total. The van der Waals surface area contributed by atoms with Crippen molar-refractivity contribution in [3.05, 3.63) is 78.4 Å². The number of nitrogens with one attached hydrogen (secondary N) is 1. The minimum absolute atomic E-state index is 0.0605. The van der Waals surface area contributed by atoms with E-state index in [9.17, 15) is 18.3 Å². The third-order valence-corrected chi connectivity index (χ3v) is 9.22. The Morgan fingerprint density at radius 2 is 1.81 bits per heavy atom. The average molecular weight is 507 g/mol. The van der Waals surface area contributed by atoms with Crippen LogP contribution in [0.25, 0.3) is 11.1 Å². The third kappa shape index (κ3) is 4.40. The van der Waals surface area contributed by atoms with Crippen LogP contribution in [0.5, 0.6) is 5.75 Å². The molecule has 0 spiro atoms. The number of carbonyl (C=O) groups excluding carboxylic acids is 1. The first-order valence-corrected chi connectivity index (χ1v) is 13.6. The first-order chi connectivity index (χ1) is 17.4. The van der Waals surface area contributed by atoms with Gasteiger partial charge in [0.1, 0.15) is 5.75 Å². The second-order valence-electron chi connectivity index (χ2n) is 9.44. The molecular weight excluding hydrogens is 476 g/mol. The van der Waals surface area contributed by atoms with E-state index in [2.05, 4.69) is 5.32 Å². The van der Waals surface area contributed by atoms with E-state index in [0.29, 0.717) is 24.4 Å². The number of aliphatic hydroxyl groups excluding tert-OH is 1. The van der Waals surface area contributed by atoms with Crippen molar-refractivity contribution in [1.29, 1.82) is 0 Å². The lowest BCUT2D eigenvalue weighted by atomic mass is 9.93. The fraction of sp³-hybridized carbons (Fsp3) is 0.321. The van der Waals surface area contributed by atoms with Crippen LogP contribution in [0.1, 0.15) is 31.2 Å². The first kappa shape index (κ1) is 24.5. The molecule has 0 aromatic heterocycles. The number of rotatable bonds is 8. The molecule has 3 aromatic carbocycles. The predicted octanol–water partition coefficient (Wildman–Crippen LogP) is 4.18. The summed E-state index contributed by atoms with van der Waals surface area (Å²) >= 11 is 0. The minimum Gasteiger partial charge on any atom is -0.496 e. The van der Waals surface area contributed by atoms with Crippen LogP contribution in [0.4, 0.5) is 5.69 Å². The molecule has 3 aromatic rings. The zero-order valence-electron chi connectivity index (χ0n) is 20.2. The highest BCUT2D eigenvalue weighted by Crippen LogP contribution is 2.52. The Hall–Kier alpha value is -3.20.